The molecule has 4 aliphatic heterocycles. The maximum Gasteiger partial charge on any atom is 0.315 e. The number of carbonyl (C=O) groups is 3. The van der Waals surface area contributed by atoms with Crippen molar-refractivity contribution in [3.05, 3.63) is 29.8 Å². The number of amides is 4. The topological polar surface area (TPSA) is 91.0 Å². The molecule has 1 spiro atoms. The normalized spacial score (nSPS) is 26.6. The number of nitrogens with zero attached hydrogens (tertiary/aromatic N) is 2. The van der Waals surface area contributed by atoms with Gasteiger partial charge in [0.05, 0.1) is 25.6 Å². The van der Waals surface area contributed by atoms with Crippen molar-refractivity contribution in [2.45, 2.75) is 68.7 Å². The Morgan fingerprint density at radius 1 is 1.08 bits per heavy atom. The molecule has 2 N–H and O–H groups in total. The van der Waals surface area contributed by atoms with E-state index in [-0.39, 0.29) is 35.3 Å². The minimum absolute atomic E-state index is 0.0412. The van der Waals surface area contributed by atoms with E-state index in [0.29, 0.717) is 18.1 Å². The molecular formula is C27H38N4O4S. The lowest BCUT2D eigenvalue weighted by molar-refractivity contribution is -0.134. The van der Waals surface area contributed by atoms with E-state index in [1.807, 2.05) is 40.9 Å². The highest BCUT2D eigenvalue weighted by atomic mass is 32.2. The number of methoxy groups -OCH3 is 1. The zero-order valence-electron chi connectivity index (χ0n) is 21.2. The average Bonchev–Trinajstić information content (AvgIpc) is 3.57. The van der Waals surface area contributed by atoms with Gasteiger partial charge in [0.2, 0.25) is 11.8 Å². The number of hydrogen-bond donors (Lipinski definition) is 2. The zero-order valence-corrected chi connectivity index (χ0v) is 22.0. The highest BCUT2D eigenvalue weighted by Crippen LogP contribution is 2.41. The third kappa shape index (κ3) is 5.61. The van der Waals surface area contributed by atoms with E-state index < -0.39 is 0 Å². The number of hydrogen-bond acceptors (Lipinski definition) is 5. The van der Waals surface area contributed by atoms with Crippen molar-refractivity contribution in [1.82, 2.24) is 20.4 Å². The number of carbonyl (C=O) groups excluding carboxylic acids is 3. The van der Waals surface area contributed by atoms with Crippen LogP contribution in [0.4, 0.5) is 4.79 Å². The van der Waals surface area contributed by atoms with Crippen molar-refractivity contribution in [3.8, 4) is 5.75 Å². The summed E-state index contributed by atoms with van der Waals surface area (Å²) in [6.45, 7) is 3.23. The Bertz CT molecular complexity index is 980. The second kappa shape index (κ2) is 10.9. The Balaban J connectivity index is 1.01. The molecule has 0 aromatic heterocycles. The van der Waals surface area contributed by atoms with Gasteiger partial charge in [0.1, 0.15) is 5.75 Å². The summed E-state index contributed by atoms with van der Waals surface area (Å²) in [6.07, 6.45) is 6.98. The number of ether oxygens (including phenoxy) is 1. The van der Waals surface area contributed by atoms with E-state index in [9.17, 15) is 14.4 Å². The SMILES string of the molecule is COc1cccc(CC(=O)N2CCC3(CC2)CCN(C(=O)CCCC[C@@H]2SC[C@@H]4NC(=O)N[C@@H]42)C3)c1. The van der Waals surface area contributed by atoms with Crippen molar-refractivity contribution in [2.24, 2.45) is 5.41 Å². The first kappa shape index (κ1) is 25.2. The van der Waals surface area contributed by atoms with E-state index in [1.165, 1.54) is 0 Å². The number of rotatable bonds is 8. The van der Waals surface area contributed by atoms with Gasteiger partial charge in [-0.3, -0.25) is 9.59 Å². The molecule has 4 aliphatic rings. The van der Waals surface area contributed by atoms with Crippen LogP contribution in [0.3, 0.4) is 0 Å². The molecule has 4 saturated heterocycles. The van der Waals surface area contributed by atoms with E-state index in [4.69, 9.17) is 4.74 Å². The second-order valence-corrected chi connectivity index (χ2v) is 12.1. The van der Waals surface area contributed by atoms with E-state index in [0.717, 1.165) is 81.8 Å². The van der Waals surface area contributed by atoms with Crippen molar-refractivity contribution < 1.29 is 19.1 Å². The molecule has 0 unspecified atom stereocenters. The summed E-state index contributed by atoms with van der Waals surface area (Å²) in [5.74, 6) is 2.20. The van der Waals surface area contributed by atoms with E-state index >= 15 is 0 Å². The summed E-state index contributed by atoms with van der Waals surface area (Å²) in [5.41, 5.74) is 1.15. The highest BCUT2D eigenvalue weighted by molar-refractivity contribution is 8.00. The van der Waals surface area contributed by atoms with Crippen LogP contribution in [0, 0.1) is 5.41 Å². The molecule has 0 radical (unpaired) electrons. The molecule has 8 nitrogen and oxygen atoms in total. The van der Waals surface area contributed by atoms with Crippen LogP contribution >= 0.6 is 11.8 Å². The average molecular weight is 515 g/mol. The molecule has 1 aromatic carbocycles. The van der Waals surface area contributed by atoms with Gasteiger partial charge in [-0.15, -0.1) is 0 Å². The molecule has 0 bridgehead atoms. The molecule has 36 heavy (non-hydrogen) atoms. The number of fused-ring (bicyclic) bond motifs is 1. The Labute approximate surface area is 217 Å². The van der Waals surface area contributed by atoms with Crippen LogP contribution in [0.2, 0.25) is 0 Å². The van der Waals surface area contributed by atoms with Gasteiger partial charge in [0.15, 0.2) is 0 Å². The van der Waals surface area contributed by atoms with Crippen molar-refractivity contribution in [2.75, 3.05) is 39.0 Å². The molecule has 9 heteroatoms. The molecule has 0 aliphatic carbocycles. The van der Waals surface area contributed by atoms with E-state index in [1.54, 1.807) is 7.11 Å². The Hall–Kier alpha value is -2.42. The number of thioether (sulfide) groups is 1. The minimum Gasteiger partial charge on any atom is -0.497 e. The molecular weight excluding hydrogens is 476 g/mol. The summed E-state index contributed by atoms with van der Waals surface area (Å²) in [4.78, 5) is 41.3. The maximum absolute atomic E-state index is 12.9. The fourth-order valence-electron chi connectivity index (χ4n) is 6.28. The first-order valence-electron chi connectivity index (χ1n) is 13.3. The van der Waals surface area contributed by atoms with Crippen LogP contribution in [0.25, 0.3) is 0 Å². The lowest BCUT2D eigenvalue weighted by Gasteiger charge is -2.39. The van der Waals surface area contributed by atoms with E-state index in [2.05, 4.69) is 15.5 Å². The van der Waals surface area contributed by atoms with Crippen molar-refractivity contribution >= 4 is 29.6 Å². The number of nitrogens with one attached hydrogen (secondary N) is 2. The lowest BCUT2D eigenvalue weighted by atomic mass is 9.77. The smallest absolute Gasteiger partial charge is 0.315 e. The third-order valence-electron chi connectivity index (χ3n) is 8.52. The molecule has 5 rings (SSSR count). The monoisotopic (exact) mass is 514 g/mol. The van der Waals surface area contributed by atoms with Crippen LogP contribution in [0.1, 0.15) is 50.5 Å². The highest BCUT2D eigenvalue weighted by Gasteiger charge is 2.43. The summed E-state index contributed by atoms with van der Waals surface area (Å²) >= 11 is 1.93. The number of urea groups is 1. The van der Waals surface area contributed by atoms with Gasteiger partial charge in [-0.2, -0.15) is 11.8 Å². The Kier molecular flexibility index (Phi) is 7.65. The summed E-state index contributed by atoms with van der Waals surface area (Å²) in [7, 11) is 1.64. The van der Waals surface area contributed by atoms with Crippen LogP contribution < -0.4 is 15.4 Å². The predicted molar refractivity (Wildman–Crippen MR) is 140 cm³/mol. The molecule has 4 heterocycles. The molecule has 3 atom stereocenters. The Morgan fingerprint density at radius 2 is 1.86 bits per heavy atom. The number of piperidine rings is 1. The summed E-state index contributed by atoms with van der Waals surface area (Å²) in [6, 6.07) is 8.18. The molecule has 4 amide bonds. The molecule has 1 aromatic rings. The fourth-order valence-corrected chi connectivity index (χ4v) is 7.82. The van der Waals surface area contributed by atoms with Crippen LogP contribution in [-0.4, -0.2) is 84.0 Å². The molecule has 4 fully saturated rings. The first-order valence-corrected chi connectivity index (χ1v) is 14.4. The second-order valence-electron chi connectivity index (χ2n) is 10.8. The van der Waals surface area contributed by atoms with Gasteiger partial charge in [0, 0.05) is 43.6 Å². The van der Waals surface area contributed by atoms with Gasteiger partial charge in [-0.05, 0) is 55.2 Å². The minimum atomic E-state index is -0.0412. The fraction of sp³-hybridized carbons (Fsp3) is 0.667. The summed E-state index contributed by atoms with van der Waals surface area (Å²) in [5, 5.41) is 6.48. The largest absolute Gasteiger partial charge is 0.497 e. The number of likely N-dealkylation sites (tertiary alicyclic amines) is 2. The standard InChI is InChI=1S/C27H38N4O4S/c1-35-20-6-4-5-19(15-20)16-24(33)30-12-9-27(10-13-30)11-14-31(18-27)23(32)8-3-2-7-22-25-21(17-36-22)28-26(34)29-25/h4-6,15,21-22,25H,2-3,7-14,16-18H2,1H3,(H2,28,29,34)/t21-,22-,25-/m0/s1. The molecule has 0 saturated carbocycles. The van der Waals surface area contributed by atoms with Crippen molar-refractivity contribution in [1.29, 1.82) is 0 Å². The van der Waals surface area contributed by atoms with Gasteiger partial charge < -0.3 is 25.2 Å². The quantitative estimate of drug-likeness (QED) is 0.411. The predicted octanol–water partition coefficient (Wildman–Crippen LogP) is 2.80. The van der Waals surface area contributed by atoms with Gasteiger partial charge in [-0.25, -0.2) is 4.79 Å². The Morgan fingerprint density at radius 3 is 2.64 bits per heavy atom. The van der Waals surface area contributed by atoms with Crippen LogP contribution in [-0.2, 0) is 16.0 Å². The van der Waals surface area contributed by atoms with Gasteiger partial charge in [-0.1, -0.05) is 18.6 Å². The van der Waals surface area contributed by atoms with Gasteiger partial charge in [0.25, 0.3) is 0 Å². The maximum atomic E-state index is 12.9. The van der Waals surface area contributed by atoms with Crippen molar-refractivity contribution in [3.63, 3.8) is 0 Å². The number of benzene rings is 1. The first-order chi connectivity index (χ1) is 17.4. The van der Waals surface area contributed by atoms with Crippen LogP contribution in [0.5, 0.6) is 5.75 Å². The molecule has 196 valence electrons. The zero-order chi connectivity index (χ0) is 25.1. The summed E-state index contributed by atoms with van der Waals surface area (Å²) < 4.78 is 5.27. The van der Waals surface area contributed by atoms with Crippen LogP contribution in [0.15, 0.2) is 24.3 Å². The number of unbranched alkanes of at least 4 members (excludes halogenated alkanes) is 1. The van der Waals surface area contributed by atoms with Gasteiger partial charge >= 0.3 is 6.03 Å². The third-order valence-corrected chi connectivity index (χ3v) is 10.0. The lowest BCUT2D eigenvalue weighted by Crippen LogP contribution is -2.45.